The Morgan fingerprint density at radius 1 is 1.13 bits per heavy atom. The summed E-state index contributed by atoms with van der Waals surface area (Å²) < 4.78 is 5.46. The summed E-state index contributed by atoms with van der Waals surface area (Å²) in [6.45, 7) is 7.66. The van der Waals surface area contributed by atoms with Crippen LogP contribution in [0.5, 0.6) is 5.75 Å². The quantitative estimate of drug-likeness (QED) is 0.625. The molecule has 3 nitrogen and oxygen atoms in total. The van der Waals surface area contributed by atoms with Crippen LogP contribution in [0.2, 0.25) is 0 Å². The van der Waals surface area contributed by atoms with Gasteiger partial charge in [-0.25, -0.2) is 0 Å². The third-order valence-corrected chi connectivity index (χ3v) is 5.49. The molecule has 23 heavy (non-hydrogen) atoms. The summed E-state index contributed by atoms with van der Waals surface area (Å²) in [5.74, 6) is 0.634. The number of ether oxygens (including phenoxy) is 1. The molecule has 1 saturated carbocycles. The topological polar surface area (TPSA) is 46.5 Å². The molecule has 3 heteroatoms. The highest BCUT2D eigenvalue weighted by Gasteiger charge is 2.34. The van der Waals surface area contributed by atoms with E-state index in [1.54, 1.807) is 12.1 Å². The molecule has 0 bridgehead atoms. The maximum absolute atomic E-state index is 12.1. The second-order valence-electron chi connectivity index (χ2n) is 7.63. The van der Waals surface area contributed by atoms with Gasteiger partial charge in [0.05, 0.1) is 11.0 Å². The van der Waals surface area contributed by atoms with Gasteiger partial charge in [0.15, 0.2) is 0 Å². The van der Waals surface area contributed by atoms with Crippen LogP contribution < -0.4 is 4.74 Å². The summed E-state index contributed by atoms with van der Waals surface area (Å²) >= 11 is 0. The van der Waals surface area contributed by atoms with E-state index in [9.17, 15) is 9.90 Å². The second-order valence-corrected chi connectivity index (χ2v) is 7.63. The van der Waals surface area contributed by atoms with E-state index in [0.717, 1.165) is 24.8 Å². The van der Waals surface area contributed by atoms with Gasteiger partial charge in [-0.15, -0.1) is 0 Å². The van der Waals surface area contributed by atoms with E-state index < -0.39 is 11.0 Å². The van der Waals surface area contributed by atoms with E-state index in [2.05, 4.69) is 0 Å². The summed E-state index contributed by atoms with van der Waals surface area (Å²) in [7, 11) is 0. The number of rotatable bonds is 5. The molecule has 0 amide bonds. The van der Waals surface area contributed by atoms with Crippen molar-refractivity contribution in [3.05, 3.63) is 29.8 Å². The van der Waals surface area contributed by atoms with Gasteiger partial charge in [0.25, 0.3) is 0 Å². The average Bonchev–Trinajstić information content (AvgIpc) is 2.56. The first-order valence-electron chi connectivity index (χ1n) is 8.82. The molecule has 0 aliphatic heterocycles. The Labute approximate surface area is 140 Å². The van der Waals surface area contributed by atoms with E-state index in [1.165, 1.54) is 19.3 Å². The highest BCUT2D eigenvalue weighted by atomic mass is 16.5. The fourth-order valence-corrected chi connectivity index (χ4v) is 3.15. The molecule has 0 saturated heterocycles. The zero-order chi connectivity index (χ0) is 17.1. The van der Waals surface area contributed by atoms with Crippen LogP contribution in [0.1, 0.15) is 71.8 Å². The minimum atomic E-state index is -0.814. The van der Waals surface area contributed by atoms with Crippen molar-refractivity contribution in [1.29, 1.82) is 0 Å². The van der Waals surface area contributed by atoms with Crippen molar-refractivity contribution >= 4 is 5.97 Å². The van der Waals surface area contributed by atoms with E-state index in [4.69, 9.17) is 4.74 Å². The van der Waals surface area contributed by atoms with E-state index in [1.807, 2.05) is 39.8 Å². The van der Waals surface area contributed by atoms with Crippen molar-refractivity contribution in [3.8, 4) is 5.75 Å². The Morgan fingerprint density at radius 3 is 2.22 bits per heavy atom. The Kier molecular flexibility index (Phi) is 5.51. The summed E-state index contributed by atoms with van der Waals surface area (Å²) in [5.41, 5.74) is -0.392. The number of benzene rings is 1. The second kappa shape index (κ2) is 7.04. The third kappa shape index (κ3) is 4.14. The Hall–Kier alpha value is -1.35. The van der Waals surface area contributed by atoms with Gasteiger partial charge in [-0.1, -0.05) is 38.3 Å². The highest BCUT2D eigenvalue weighted by Crippen LogP contribution is 2.39. The van der Waals surface area contributed by atoms with Crippen molar-refractivity contribution in [2.24, 2.45) is 11.3 Å². The van der Waals surface area contributed by atoms with E-state index in [-0.39, 0.29) is 5.97 Å². The van der Waals surface area contributed by atoms with Crippen LogP contribution in [0.25, 0.3) is 0 Å². The van der Waals surface area contributed by atoms with Gasteiger partial charge < -0.3 is 9.84 Å². The molecule has 0 radical (unpaired) electrons. The van der Waals surface area contributed by atoms with E-state index >= 15 is 0 Å². The Morgan fingerprint density at radius 2 is 1.70 bits per heavy atom. The predicted molar refractivity (Wildman–Crippen MR) is 92.3 cm³/mol. The van der Waals surface area contributed by atoms with Crippen molar-refractivity contribution < 1.29 is 14.6 Å². The van der Waals surface area contributed by atoms with Gasteiger partial charge in [0.1, 0.15) is 5.75 Å². The van der Waals surface area contributed by atoms with Crippen molar-refractivity contribution in [2.45, 2.75) is 71.8 Å². The van der Waals surface area contributed by atoms with Crippen molar-refractivity contribution in [2.75, 3.05) is 0 Å². The van der Waals surface area contributed by atoms with Crippen LogP contribution in [0.15, 0.2) is 24.3 Å². The zero-order valence-corrected chi connectivity index (χ0v) is 14.9. The fourth-order valence-electron chi connectivity index (χ4n) is 3.15. The number of hydrogen-bond donors (Lipinski definition) is 1. The monoisotopic (exact) mass is 318 g/mol. The number of carbonyl (C=O) groups excluding carboxylic acids is 1. The maximum Gasteiger partial charge on any atom is 0.316 e. The number of esters is 1. The lowest BCUT2D eigenvalue weighted by Crippen LogP contribution is -2.33. The molecule has 128 valence electrons. The standard InChI is InChI=1S/C20H30O3/c1-5-19(2,3)18(21)23-17-13-11-16(12-14-17)20(4,22)15-9-7-6-8-10-15/h11-15,22H,5-10H2,1-4H3. The predicted octanol–water partition coefficient (Wildman–Crippen LogP) is 4.82. The molecule has 1 aliphatic carbocycles. The minimum absolute atomic E-state index is 0.216. The van der Waals surface area contributed by atoms with Crippen LogP contribution in [0.3, 0.4) is 0 Å². The number of carbonyl (C=O) groups is 1. The van der Waals surface area contributed by atoms with Gasteiger partial charge in [-0.3, -0.25) is 4.79 Å². The fraction of sp³-hybridized carbons (Fsp3) is 0.650. The van der Waals surface area contributed by atoms with Crippen molar-refractivity contribution in [1.82, 2.24) is 0 Å². The van der Waals surface area contributed by atoms with Crippen LogP contribution in [-0.2, 0) is 10.4 Å². The number of aliphatic hydroxyl groups is 1. The van der Waals surface area contributed by atoms with Gasteiger partial charge in [-0.2, -0.15) is 0 Å². The SMILES string of the molecule is CCC(C)(C)C(=O)Oc1ccc(C(C)(O)C2CCCCC2)cc1. The lowest BCUT2D eigenvalue weighted by molar-refractivity contribution is -0.144. The molecule has 2 rings (SSSR count). The van der Waals surface area contributed by atoms with Crippen LogP contribution in [0, 0.1) is 11.3 Å². The maximum atomic E-state index is 12.1. The molecule has 1 N–H and O–H groups in total. The van der Waals surface area contributed by atoms with Crippen LogP contribution in [0.4, 0.5) is 0 Å². The van der Waals surface area contributed by atoms with Gasteiger partial charge in [0, 0.05) is 0 Å². The molecule has 1 unspecified atom stereocenters. The Balaban J connectivity index is 2.08. The molecular formula is C20H30O3. The first-order chi connectivity index (χ1) is 10.8. The molecule has 1 atom stereocenters. The van der Waals surface area contributed by atoms with E-state index in [0.29, 0.717) is 11.7 Å². The molecule has 1 aromatic carbocycles. The molecule has 1 fully saturated rings. The normalized spacial score (nSPS) is 19.2. The molecule has 1 aromatic rings. The highest BCUT2D eigenvalue weighted by molar-refractivity contribution is 5.78. The first-order valence-corrected chi connectivity index (χ1v) is 8.82. The summed E-state index contributed by atoms with van der Waals surface area (Å²) in [6, 6.07) is 7.35. The third-order valence-electron chi connectivity index (χ3n) is 5.49. The molecular weight excluding hydrogens is 288 g/mol. The molecule has 0 spiro atoms. The van der Waals surface area contributed by atoms with Gasteiger partial charge >= 0.3 is 5.97 Å². The molecule has 0 heterocycles. The molecule has 0 aromatic heterocycles. The summed E-state index contributed by atoms with van der Waals surface area (Å²) in [4.78, 5) is 12.1. The minimum Gasteiger partial charge on any atom is -0.426 e. The summed E-state index contributed by atoms with van der Waals surface area (Å²) in [5, 5.41) is 10.9. The zero-order valence-electron chi connectivity index (χ0n) is 14.9. The van der Waals surface area contributed by atoms with Crippen LogP contribution >= 0.6 is 0 Å². The largest absolute Gasteiger partial charge is 0.426 e. The smallest absolute Gasteiger partial charge is 0.316 e. The lowest BCUT2D eigenvalue weighted by Gasteiger charge is -2.36. The first kappa shape index (κ1) is 18.0. The molecule has 1 aliphatic rings. The van der Waals surface area contributed by atoms with Gasteiger partial charge in [-0.05, 0) is 63.6 Å². The summed E-state index contributed by atoms with van der Waals surface area (Å²) in [6.07, 6.45) is 6.56. The van der Waals surface area contributed by atoms with Crippen molar-refractivity contribution in [3.63, 3.8) is 0 Å². The Bertz CT molecular complexity index is 522. The van der Waals surface area contributed by atoms with Crippen LogP contribution in [-0.4, -0.2) is 11.1 Å². The number of hydrogen-bond acceptors (Lipinski definition) is 3. The average molecular weight is 318 g/mol. The lowest BCUT2D eigenvalue weighted by atomic mass is 9.74. The van der Waals surface area contributed by atoms with Gasteiger partial charge in [0.2, 0.25) is 0 Å².